The van der Waals surface area contributed by atoms with Crippen molar-refractivity contribution in [3.63, 3.8) is 0 Å². The first kappa shape index (κ1) is 2.80. The van der Waals surface area contributed by atoms with E-state index in [0.717, 1.165) is 12.0 Å². The summed E-state index contributed by atoms with van der Waals surface area (Å²) < 4.78 is 0. The molecule has 1 fully saturated rings. The number of nitrogens with one attached hydrogen (secondary N) is 1. The lowest BCUT2D eigenvalue weighted by Crippen LogP contribution is -2.55. The molecule has 1 nitrogen and oxygen atoms in total. The molecule has 2 rings (SSSR count). The molecule has 0 bridgehead atoms. The summed E-state index contributed by atoms with van der Waals surface area (Å²) in [6.07, 6.45) is 4.48. The highest BCUT2D eigenvalue weighted by Crippen LogP contribution is 2.24. The quantitative estimate of drug-likeness (QED) is 0.409. The Morgan fingerprint density at radius 2 is 2.33 bits per heavy atom. The number of fused-ring (bicyclic) bond motifs is 1. The molecule has 0 aromatic carbocycles. The average Bonchev–Trinajstić information content (AvgIpc) is 1.54. The molecule has 0 aromatic rings. The zero-order chi connectivity index (χ0) is 3.98. The van der Waals surface area contributed by atoms with Gasteiger partial charge in [0.2, 0.25) is 0 Å². The molecule has 1 heterocycles. The first-order chi connectivity index (χ1) is 2.97. The van der Waals surface area contributed by atoms with Crippen LogP contribution in [0.2, 0.25) is 0 Å². The molecular weight excluding hydrogens is 74.1 g/mol. The summed E-state index contributed by atoms with van der Waals surface area (Å²) in [5, 5.41) is 3.26. The molecule has 0 radical (unpaired) electrons. The Balaban J connectivity index is 2.24. The molecule has 2 atom stereocenters. The van der Waals surface area contributed by atoms with Gasteiger partial charge in [-0.3, -0.25) is 0 Å². The Kier molecular flexibility index (Phi) is 0.320. The highest BCUT2D eigenvalue weighted by atomic mass is 15.0. The fraction of sp³-hybridized carbons (Fsp3) is 0.600. The van der Waals surface area contributed by atoms with Gasteiger partial charge in [-0.25, -0.2) is 0 Å². The van der Waals surface area contributed by atoms with E-state index in [1.54, 1.807) is 0 Å². The topological polar surface area (TPSA) is 12.0 Å². The van der Waals surface area contributed by atoms with Crippen molar-refractivity contribution < 1.29 is 0 Å². The Hall–Kier alpha value is -0.300. The molecule has 32 valence electrons. The summed E-state index contributed by atoms with van der Waals surface area (Å²) in [5.41, 5.74) is 0. The van der Waals surface area contributed by atoms with E-state index in [1.165, 1.54) is 6.54 Å². The van der Waals surface area contributed by atoms with Crippen LogP contribution < -0.4 is 5.32 Å². The van der Waals surface area contributed by atoms with Gasteiger partial charge in [-0.2, -0.15) is 0 Å². The number of hydrogen-bond acceptors (Lipinski definition) is 1. The Labute approximate surface area is 37.0 Å². The Morgan fingerprint density at radius 3 is 2.33 bits per heavy atom. The predicted octanol–water partition coefficient (Wildman–Crippen LogP) is 0.144. The molecule has 1 saturated heterocycles. The normalized spacial score (nSPS) is 49.3. The van der Waals surface area contributed by atoms with E-state index in [0.29, 0.717) is 0 Å². The van der Waals surface area contributed by atoms with Gasteiger partial charge < -0.3 is 5.32 Å². The van der Waals surface area contributed by atoms with Crippen LogP contribution in [-0.2, 0) is 0 Å². The van der Waals surface area contributed by atoms with Crippen LogP contribution in [0.3, 0.4) is 0 Å². The largest absolute Gasteiger partial charge is 0.309 e. The molecular formula is C5H7N. The van der Waals surface area contributed by atoms with Gasteiger partial charge in [0.05, 0.1) is 0 Å². The van der Waals surface area contributed by atoms with Crippen LogP contribution in [0.25, 0.3) is 0 Å². The van der Waals surface area contributed by atoms with Crippen LogP contribution in [-0.4, -0.2) is 12.6 Å². The molecule has 0 amide bonds. The summed E-state index contributed by atoms with van der Waals surface area (Å²) in [5.74, 6) is 0.921. The minimum atomic E-state index is 0.782. The van der Waals surface area contributed by atoms with Crippen LogP contribution in [0.4, 0.5) is 0 Å². The Morgan fingerprint density at radius 1 is 1.50 bits per heavy atom. The maximum atomic E-state index is 3.26. The third-order valence-electron chi connectivity index (χ3n) is 1.62. The second-order valence-electron chi connectivity index (χ2n) is 1.98. The number of hydrogen-bond donors (Lipinski definition) is 1. The lowest BCUT2D eigenvalue weighted by molar-refractivity contribution is 0.302. The lowest BCUT2D eigenvalue weighted by atomic mass is 9.82. The second-order valence-corrected chi connectivity index (χ2v) is 1.98. The fourth-order valence-electron chi connectivity index (χ4n) is 0.905. The first-order valence-electron chi connectivity index (χ1n) is 2.38. The van der Waals surface area contributed by atoms with Gasteiger partial charge in [0.15, 0.2) is 0 Å². The van der Waals surface area contributed by atoms with Crippen molar-refractivity contribution in [3.8, 4) is 0 Å². The third kappa shape index (κ3) is 0.144. The van der Waals surface area contributed by atoms with Gasteiger partial charge in [0, 0.05) is 18.5 Å². The molecule has 1 aliphatic heterocycles. The van der Waals surface area contributed by atoms with Crippen molar-refractivity contribution in [2.45, 2.75) is 6.04 Å². The standard InChI is InChI=1S/C5H7N/c1-2-5-4(1)3-6-5/h1-2,4-6H,3H2. The lowest BCUT2D eigenvalue weighted by Gasteiger charge is -2.40. The van der Waals surface area contributed by atoms with Crippen LogP contribution in [0.5, 0.6) is 0 Å². The monoisotopic (exact) mass is 81.1 g/mol. The zero-order valence-electron chi connectivity index (χ0n) is 3.52. The van der Waals surface area contributed by atoms with Crippen LogP contribution in [0, 0.1) is 5.92 Å². The van der Waals surface area contributed by atoms with Crippen molar-refractivity contribution in [3.05, 3.63) is 12.2 Å². The van der Waals surface area contributed by atoms with E-state index in [1.807, 2.05) is 0 Å². The van der Waals surface area contributed by atoms with Gasteiger partial charge in [-0.15, -0.1) is 0 Å². The van der Waals surface area contributed by atoms with E-state index >= 15 is 0 Å². The molecule has 1 heteroatoms. The zero-order valence-corrected chi connectivity index (χ0v) is 3.52. The van der Waals surface area contributed by atoms with E-state index in [4.69, 9.17) is 0 Å². The minimum absolute atomic E-state index is 0.782. The molecule has 1 aliphatic carbocycles. The number of rotatable bonds is 0. The van der Waals surface area contributed by atoms with Crippen LogP contribution in [0.15, 0.2) is 12.2 Å². The van der Waals surface area contributed by atoms with E-state index in [9.17, 15) is 0 Å². The predicted molar refractivity (Wildman–Crippen MR) is 24.4 cm³/mol. The SMILES string of the molecule is C1=CC2NCC12. The van der Waals surface area contributed by atoms with E-state index in [-0.39, 0.29) is 0 Å². The van der Waals surface area contributed by atoms with Gasteiger partial charge in [0.25, 0.3) is 0 Å². The van der Waals surface area contributed by atoms with E-state index in [2.05, 4.69) is 17.5 Å². The second kappa shape index (κ2) is 0.684. The minimum Gasteiger partial charge on any atom is -0.309 e. The third-order valence-corrected chi connectivity index (χ3v) is 1.62. The van der Waals surface area contributed by atoms with Crippen LogP contribution in [0.1, 0.15) is 0 Å². The van der Waals surface area contributed by atoms with Crippen molar-refractivity contribution in [2.24, 2.45) is 5.92 Å². The Bertz CT molecular complexity index is 84.1. The maximum Gasteiger partial charge on any atom is 0.0325 e. The van der Waals surface area contributed by atoms with Gasteiger partial charge in [-0.1, -0.05) is 12.2 Å². The average molecular weight is 81.1 g/mol. The fourth-order valence-corrected chi connectivity index (χ4v) is 0.905. The molecule has 1 N–H and O–H groups in total. The van der Waals surface area contributed by atoms with Gasteiger partial charge in [0.1, 0.15) is 0 Å². The molecule has 2 aliphatic rings. The summed E-state index contributed by atoms with van der Waals surface area (Å²) >= 11 is 0. The molecule has 0 saturated carbocycles. The summed E-state index contributed by atoms with van der Waals surface area (Å²) in [6.45, 7) is 1.22. The van der Waals surface area contributed by atoms with Crippen molar-refractivity contribution in [1.82, 2.24) is 5.32 Å². The van der Waals surface area contributed by atoms with Crippen molar-refractivity contribution in [1.29, 1.82) is 0 Å². The highest BCUT2D eigenvalue weighted by molar-refractivity contribution is 5.20. The molecule has 2 unspecified atom stereocenters. The van der Waals surface area contributed by atoms with Crippen molar-refractivity contribution >= 4 is 0 Å². The smallest absolute Gasteiger partial charge is 0.0325 e. The summed E-state index contributed by atoms with van der Waals surface area (Å²) in [6, 6.07) is 0.782. The van der Waals surface area contributed by atoms with Gasteiger partial charge >= 0.3 is 0 Å². The van der Waals surface area contributed by atoms with E-state index < -0.39 is 0 Å². The highest BCUT2D eigenvalue weighted by Gasteiger charge is 2.31. The van der Waals surface area contributed by atoms with Crippen LogP contribution >= 0.6 is 0 Å². The maximum absolute atomic E-state index is 3.26. The molecule has 0 aromatic heterocycles. The van der Waals surface area contributed by atoms with Crippen molar-refractivity contribution in [2.75, 3.05) is 6.54 Å². The first-order valence-corrected chi connectivity index (χ1v) is 2.38. The summed E-state index contributed by atoms with van der Waals surface area (Å²) in [4.78, 5) is 0. The summed E-state index contributed by atoms with van der Waals surface area (Å²) in [7, 11) is 0. The van der Waals surface area contributed by atoms with Gasteiger partial charge in [-0.05, 0) is 0 Å². The molecule has 6 heavy (non-hydrogen) atoms. The molecule has 0 spiro atoms.